The van der Waals surface area contributed by atoms with E-state index in [0.717, 1.165) is 30.4 Å². The first-order valence-electron chi connectivity index (χ1n) is 11.1. The Morgan fingerprint density at radius 2 is 1.78 bits per heavy atom. The number of pyridine rings is 1. The fourth-order valence-electron chi connectivity index (χ4n) is 3.92. The Labute approximate surface area is 188 Å². The summed E-state index contributed by atoms with van der Waals surface area (Å²) in [5.74, 6) is 0.231. The van der Waals surface area contributed by atoms with Crippen LogP contribution in [0.4, 0.5) is 0 Å². The molecule has 1 aromatic heterocycles. The minimum Gasteiger partial charge on any atom is -0.483 e. The van der Waals surface area contributed by atoms with E-state index in [2.05, 4.69) is 0 Å². The summed E-state index contributed by atoms with van der Waals surface area (Å²) >= 11 is 0. The predicted molar refractivity (Wildman–Crippen MR) is 122 cm³/mol. The first-order chi connectivity index (χ1) is 15.8. The minimum absolute atomic E-state index is 0.0740. The van der Waals surface area contributed by atoms with Crippen LogP contribution in [-0.4, -0.2) is 29.2 Å². The summed E-state index contributed by atoms with van der Waals surface area (Å²) in [6.07, 6.45) is 3.58. The number of aliphatic hydroxyl groups excluding tert-OH is 1. The van der Waals surface area contributed by atoms with Crippen LogP contribution in [0.2, 0.25) is 0 Å². The van der Waals surface area contributed by atoms with E-state index in [9.17, 15) is 9.90 Å². The highest BCUT2D eigenvalue weighted by molar-refractivity contribution is 5.37. The van der Waals surface area contributed by atoms with Crippen LogP contribution in [0.1, 0.15) is 42.2 Å². The van der Waals surface area contributed by atoms with Crippen LogP contribution in [-0.2, 0) is 22.6 Å². The van der Waals surface area contributed by atoms with Gasteiger partial charge in [0.2, 0.25) is 5.43 Å². The Morgan fingerprint density at radius 1 is 1.03 bits per heavy atom. The van der Waals surface area contributed by atoms with Crippen molar-refractivity contribution in [2.45, 2.75) is 44.8 Å². The molecule has 3 aromatic rings. The summed E-state index contributed by atoms with van der Waals surface area (Å²) < 4.78 is 20.2. The topological polar surface area (TPSA) is 69.9 Å². The van der Waals surface area contributed by atoms with Crippen LogP contribution >= 0.6 is 0 Å². The lowest BCUT2D eigenvalue weighted by Gasteiger charge is -2.30. The van der Waals surface area contributed by atoms with Crippen molar-refractivity contribution in [3.8, 4) is 5.75 Å². The zero-order valence-corrected chi connectivity index (χ0v) is 18.1. The second-order valence-corrected chi connectivity index (χ2v) is 7.81. The molecule has 0 bridgehead atoms. The summed E-state index contributed by atoms with van der Waals surface area (Å²) in [7, 11) is 0. The molecule has 1 N–H and O–H groups in total. The van der Waals surface area contributed by atoms with Crippen molar-refractivity contribution in [3.63, 3.8) is 0 Å². The van der Waals surface area contributed by atoms with Gasteiger partial charge in [-0.25, -0.2) is 0 Å². The predicted octanol–water partition coefficient (Wildman–Crippen LogP) is 4.05. The zero-order valence-electron chi connectivity index (χ0n) is 18.1. The quantitative estimate of drug-likeness (QED) is 0.549. The first-order valence-corrected chi connectivity index (χ1v) is 11.1. The molecule has 2 aromatic carbocycles. The lowest BCUT2D eigenvalue weighted by molar-refractivity contribution is -0.183. The third-order valence-corrected chi connectivity index (χ3v) is 5.52. The Morgan fingerprint density at radius 3 is 2.47 bits per heavy atom. The van der Waals surface area contributed by atoms with Crippen molar-refractivity contribution in [1.82, 2.24) is 4.57 Å². The molecule has 6 heteroatoms. The molecular weight excluding hydrogens is 406 g/mol. The zero-order chi connectivity index (χ0) is 22.2. The van der Waals surface area contributed by atoms with Crippen LogP contribution in [0.5, 0.6) is 5.75 Å². The molecular formula is C26H29NO5. The van der Waals surface area contributed by atoms with Crippen molar-refractivity contribution >= 4 is 0 Å². The number of hydrogen-bond acceptors (Lipinski definition) is 5. The molecule has 0 radical (unpaired) electrons. The van der Waals surface area contributed by atoms with E-state index in [1.165, 1.54) is 6.07 Å². The molecule has 32 heavy (non-hydrogen) atoms. The van der Waals surface area contributed by atoms with E-state index in [-0.39, 0.29) is 30.7 Å². The number of ether oxygens (including phenoxy) is 3. The van der Waals surface area contributed by atoms with Crippen molar-refractivity contribution in [2.24, 2.45) is 0 Å². The monoisotopic (exact) mass is 435 g/mol. The Kier molecular flexibility index (Phi) is 7.72. The van der Waals surface area contributed by atoms with Crippen LogP contribution in [0.3, 0.4) is 0 Å². The molecule has 1 aliphatic rings. The molecule has 0 spiro atoms. The highest BCUT2D eigenvalue weighted by atomic mass is 16.7. The minimum atomic E-state index is -0.578. The van der Waals surface area contributed by atoms with E-state index < -0.39 is 6.10 Å². The van der Waals surface area contributed by atoms with Crippen LogP contribution in [0.25, 0.3) is 0 Å². The first kappa shape index (κ1) is 22.3. The van der Waals surface area contributed by atoms with Crippen LogP contribution in [0.15, 0.2) is 77.7 Å². The van der Waals surface area contributed by atoms with Crippen LogP contribution in [0, 0.1) is 0 Å². The van der Waals surface area contributed by atoms with E-state index in [1.54, 1.807) is 6.20 Å². The molecule has 2 heterocycles. The van der Waals surface area contributed by atoms with Gasteiger partial charge < -0.3 is 23.9 Å². The normalized spacial score (nSPS) is 17.1. The van der Waals surface area contributed by atoms with E-state index in [4.69, 9.17) is 14.2 Å². The third-order valence-electron chi connectivity index (χ3n) is 5.52. The molecule has 0 saturated carbocycles. The molecule has 2 atom stereocenters. The largest absolute Gasteiger partial charge is 0.483 e. The lowest BCUT2D eigenvalue weighted by Crippen LogP contribution is -2.28. The van der Waals surface area contributed by atoms with Gasteiger partial charge in [-0.2, -0.15) is 0 Å². The Balaban J connectivity index is 1.76. The standard InChI is InChI=1S/C26H29NO5/c28-17-16-27-15-14-22(29)26(31-19-20-9-3-1-4-10-20)24(27)25(21-11-5-2-6-12-21)32-23-13-7-8-18-30-23/h1-6,9-12,14-15,23,25,28H,7-8,13,16-19H2. The van der Waals surface area contributed by atoms with Gasteiger partial charge in [0.15, 0.2) is 12.0 Å². The number of benzene rings is 2. The summed E-state index contributed by atoms with van der Waals surface area (Å²) in [6, 6.07) is 20.9. The summed E-state index contributed by atoms with van der Waals surface area (Å²) in [5, 5.41) is 9.68. The Hall–Kier alpha value is -2.93. The number of aliphatic hydroxyl groups is 1. The number of aromatic nitrogens is 1. The SMILES string of the molecule is O=c1ccn(CCO)c(C(OC2CCCCO2)c2ccccc2)c1OCc1ccccc1. The molecule has 1 saturated heterocycles. The maximum atomic E-state index is 13.0. The summed E-state index contributed by atoms with van der Waals surface area (Å²) in [5.41, 5.74) is 2.22. The highest BCUT2D eigenvalue weighted by Gasteiger charge is 2.29. The highest BCUT2D eigenvalue weighted by Crippen LogP contribution is 2.34. The van der Waals surface area contributed by atoms with Gasteiger partial charge in [0, 0.05) is 25.4 Å². The number of nitrogens with zero attached hydrogens (tertiary/aromatic N) is 1. The van der Waals surface area contributed by atoms with Gasteiger partial charge in [-0.05, 0) is 30.4 Å². The summed E-state index contributed by atoms with van der Waals surface area (Å²) in [6.45, 7) is 1.15. The van der Waals surface area contributed by atoms with Crippen molar-refractivity contribution in [3.05, 3.63) is 100.0 Å². The van der Waals surface area contributed by atoms with Gasteiger partial charge in [0.25, 0.3) is 0 Å². The van der Waals surface area contributed by atoms with E-state index >= 15 is 0 Å². The smallest absolute Gasteiger partial charge is 0.223 e. The average molecular weight is 436 g/mol. The fourth-order valence-corrected chi connectivity index (χ4v) is 3.92. The van der Waals surface area contributed by atoms with Crippen molar-refractivity contribution in [1.29, 1.82) is 0 Å². The lowest BCUT2D eigenvalue weighted by atomic mass is 10.0. The second kappa shape index (κ2) is 11.1. The molecule has 1 aliphatic heterocycles. The third kappa shape index (κ3) is 5.46. The van der Waals surface area contributed by atoms with E-state index in [0.29, 0.717) is 18.8 Å². The van der Waals surface area contributed by atoms with Crippen LogP contribution < -0.4 is 10.2 Å². The van der Waals surface area contributed by atoms with Gasteiger partial charge in [-0.15, -0.1) is 0 Å². The number of rotatable bonds is 9. The van der Waals surface area contributed by atoms with Gasteiger partial charge in [0.1, 0.15) is 12.7 Å². The van der Waals surface area contributed by atoms with Crippen molar-refractivity contribution < 1.29 is 19.3 Å². The van der Waals surface area contributed by atoms with Gasteiger partial charge in [-0.1, -0.05) is 60.7 Å². The molecule has 1 fully saturated rings. The van der Waals surface area contributed by atoms with Gasteiger partial charge in [-0.3, -0.25) is 4.79 Å². The second-order valence-electron chi connectivity index (χ2n) is 7.81. The maximum Gasteiger partial charge on any atom is 0.223 e. The molecule has 2 unspecified atom stereocenters. The maximum absolute atomic E-state index is 13.0. The molecule has 0 aliphatic carbocycles. The fraction of sp³-hybridized carbons (Fsp3) is 0.346. The molecule has 0 amide bonds. The van der Waals surface area contributed by atoms with Crippen molar-refractivity contribution in [2.75, 3.05) is 13.2 Å². The van der Waals surface area contributed by atoms with Gasteiger partial charge >= 0.3 is 0 Å². The Bertz CT molecular complexity index is 1030. The molecule has 6 nitrogen and oxygen atoms in total. The number of hydrogen-bond donors (Lipinski definition) is 1. The summed E-state index contributed by atoms with van der Waals surface area (Å²) in [4.78, 5) is 13.0. The molecule has 4 rings (SSSR count). The average Bonchev–Trinajstić information content (AvgIpc) is 2.85. The van der Waals surface area contributed by atoms with Gasteiger partial charge in [0.05, 0.1) is 12.3 Å². The van der Waals surface area contributed by atoms with E-state index in [1.807, 2.05) is 65.2 Å². The molecule has 168 valence electrons.